The Balaban J connectivity index is 2.10. The van der Waals surface area contributed by atoms with Gasteiger partial charge in [0.25, 0.3) is 0 Å². The Morgan fingerprint density at radius 2 is 2.00 bits per heavy atom. The fourth-order valence-electron chi connectivity index (χ4n) is 0.643. The standard InChI is InChI=1S/C6H10S2/c1-2-3-6-7-4-5-8-6/h4-6H,2-3H2,1H3. The van der Waals surface area contributed by atoms with Crippen LogP contribution in [0.2, 0.25) is 0 Å². The predicted octanol–water partition coefficient (Wildman–Crippen LogP) is 3.06. The van der Waals surface area contributed by atoms with Crippen molar-refractivity contribution in [3.8, 4) is 0 Å². The van der Waals surface area contributed by atoms with Crippen LogP contribution in [0.5, 0.6) is 0 Å². The van der Waals surface area contributed by atoms with E-state index in [1.54, 1.807) is 0 Å². The molecule has 1 rings (SSSR count). The highest BCUT2D eigenvalue weighted by Crippen LogP contribution is 2.35. The topological polar surface area (TPSA) is 0 Å². The molecule has 0 aliphatic carbocycles. The average Bonchev–Trinajstić information content (AvgIpc) is 2.19. The van der Waals surface area contributed by atoms with E-state index < -0.39 is 0 Å². The van der Waals surface area contributed by atoms with Crippen molar-refractivity contribution in [1.29, 1.82) is 0 Å². The van der Waals surface area contributed by atoms with Gasteiger partial charge in [0.15, 0.2) is 0 Å². The van der Waals surface area contributed by atoms with E-state index in [4.69, 9.17) is 0 Å². The molecule has 1 heterocycles. The summed E-state index contributed by atoms with van der Waals surface area (Å²) in [5.41, 5.74) is 0. The van der Waals surface area contributed by atoms with Gasteiger partial charge in [-0.25, -0.2) is 0 Å². The van der Waals surface area contributed by atoms with Gasteiger partial charge in [-0.05, 0) is 17.2 Å². The molecule has 0 atom stereocenters. The van der Waals surface area contributed by atoms with Gasteiger partial charge < -0.3 is 0 Å². The monoisotopic (exact) mass is 146 g/mol. The molecule has 0 saturated heterocycles. The zero-order valence-electron chi connectivity index (χ0n) is 4.96. The van der Waals surface area contributed by atoms with Crippen molar-refractivity contribution in [2.75, 3.05) is 0 Å². The third kappa shape index (κ3) is 1.75. The third-order valence-corrected chi connectivity index (χ3v) is 3.54. The van der Waals surface area contributed by atoms with Crippen LogP contribution in [0.25, 0.3) is 0 Å². The molecule has 0 amide bonds. The lowest BCUT2D eigenvalue weighted by Gasteiger charge is -2.02. The zero-order valence-corrected chi connectivity index (χ0v) is 6.60. The van der Waals surface area contributed by atoms with Crippen LogP contribution in [0.4, 0.5) is 0 Å². The number of rotatable bonds is 2. The molecule has 0 aromatic heterocycles. The quantitative estimate of drug-likeness (QED) is 0.587. The average molecular weight is 146 g/mol. The van der Waals surface area contributed by atoms with E-state index >= 15 is 0 Å². The van der Waals surface area contributed by atoms with Crippen LogP contribution in [0, 0.1) is 0 Å². The predicted molar refractivity (Wildman–Crippen MR) is 43.0 cm³/mol. The summed E-state index contributed by atoms with van der Waals surface area (Å²) in [6.45, 7) is 2.24. The maximum atomic E-state index is 2.24. The highest BCUT2D eigenvalue weighted by atomic mass is 32.2. The molecule has 0 spiro atoms. The van der Waals surface area contributed by atoms with Crippen molar-refractivity contribution in [3.05, 3.63) is 10.8 Å². The maximum Gasteiger partial charge on any atom is 0.0585 e. The van der Waals surface area contributed by atoms with Gasteiger partial charge in [0.1, 0.15) is 0 Å². The molecular weight excluding hydrogens is 136 g/mol. The van der Waals surface area contributed by atoms with Gasteiger partial charge in [-0.2, -0.15) is 0 Å². The molecule has 46 valence electrons. The molecule has 1 aliphatic heterocycles. The molecule has 0 unspecified atom stereocenters. The first-order valence-electron chi connectivity index (χ1n) is 2.89. The first-order valence-corrected chi connectivity index (χ1v) is 4.78. The second-order valence-electron chi connectivity index (χ2n) is 1.76. The lowest BCUT2D eigenvalue weighted by atomic mass is 10.4. The summed E-state index contributed by atoms with van der Waals surface area (Å²) in [5.74, 6) is 0. The molecule has 0 aromatic rings. The van der Waals surface area contributed by atoms with Gasteiger partial charge in [-0.3, -0.25) is 0 Å². The Labute approximate surface area is 59.1 Å². The Kier molecular flexibility index (Phi) is 2.84. The molecule has 2 heteroatoms. The number of thioether (sulfide) groups is 2. The largest absolute Gasteiger partial charge is 0.119 e. The second-order valence-corrected chi connectivity index (χ2v) is 4.29. The molecule has 0 fully saturated rings. The lowest BCUT2D eigenvalue weighted by molar-refractivity contribution is 0.874. The van der Waals surface area contributed by atoms with Crippen molar-refractivity contribution in [3.63, 3.8) is 0 Å². The SMILES string of the molecule is CCCC1SC=CS1. The fourth-order valence-corrected chi connectivity index (χ4v) is 2.89. The Morgan fingerprint density at radius 3 is 2.50 bits per heavy atom. The number of hydrogen-bond acceptors (Lipinski definition) is 2. The van der Waals surface area contributed by atoms with E-state index in [0.717, 1.165) is 4.58 Å². The minimum atomic E-state index is 0.833. The van der Waals surface area contributed by atoms with Gasteiger partial charge in [0.2, 0.25) is 0 Å². The summed E-state index contributed by atoms with van der Waals surface area (Å²) in [7, 11) is 0. The van der Waals surface area contributed by atoms with Crippen molar-refractivity contribution in [2.24, 2.45) is 0 Å². The molecule has 0 aromatic carbocycles. The summed E-state index contributed by atoms with van der Waals surface area (Å²) in [4.78, 5) is 0. The first kappa shape index (κ1) is 6.56. The minimum absolute atomic E-state index is 0.833. The van der Waals surface area contributed by atoms with Gasteiger partial charge in [0, 0.05) is 0 Å². The third-order valence-electron chi connectivity index (χ3n) is 1.04. The highest BCUT2D eigenvalue weighted by Gasteiger charge is 2.08. The number of hydrogen-bond donors (Lipinski definition) is 0. The van der Waals surface area contributed by atoms with E-state index in [9.17, 15) is 0 Å². The summed E-state index contributed by atoms with van der Waals surface area (Å²) in [6, 6.07) is 0. The maximum absolute atomic E-state index is 2.24. The molecule has 0 bridgehead atoms. The Hall–Kier alpha value is 0.440. The molecular formula is C6H10S2. The van der Waals surface area contributed by atoms with Gasteiger partial charge in [-0.15, -0.1) is 23.5 Å². The van der Waals surface area contributed by atoms with Gasteiger partial charge in [-0.1, -0.05) is 13.3 Å². The summed E-state index contributed by atoms with van der Waals surface area (Å²) in [5, 5.41) is 4.37. The smallest absolute Gasteiger partial charge is 0.0585 e. The zero-order chi connectivity index (χ0) is 5.82. The van der Waals surface area contributed by atoms with Crippen LogP contribution in [-0.2, 0) is 0 Å². The van der Waals surface area contributed by atoms with Crippen LogP contribution in [-0.4, -0.2) is 4.58 Å². The highest BCUT2D eigenvalue weighted by molar-refractivity contribution is 8.22. The summed E-state index contributed by atoms with van der Waals surface area (Å²) in [6.07, 6.45) is 2.66. The van der Waals surface area contributed by atoms with Crippen molar-refractivity contribution in [1.82, 2.24) is 0 Å². The molecule has 0 saturated carbocycles. The van der Waals surface area contributed by atoms with E-state index in [0.29, 0.717) is 0 Å². The molecule has 1 aliphatic rings. The lowest BCUT2D eigenvalue weighted by Crippen LogP contribution is -1.87. The van der Waals surface area contributed by atoms with E-state index in [1.165, 1.54) is 12.8 Å². The van der Waals surface area contributed by atoms with Gasteiger partial charge in [0.05, 0.1) is 4.58 Å². The molecule has 0 nitrogen and oxygen atoms in total. The van der Waals surface area contributed by atoms with E-state index in [2.05, 4.69) is 17.7 Å². The van der Waals surface area contributed by atoms with E-state index in [1.807, 2.05) is 23.5 Å². The van der Waals surface area contributed by atoms with Crippen molar-refractivity contribution < 1.29 is 0 Å². The van der Waals surface area contributed by atoms with Crippen LogP contribution < -0.4 is 0 Å². The summed E-state index contributed by atoms with van der Waals surface area (Å²) >= 11 is 3.90. The minimum Gasteiger partial charge on any atom is -0.119 e. The molecule has 0 radical (unpaired) electrons. The van der Waals surface area contributed by atoms with Crippen LogP contribution in [0.3, 0.4) is 0 Å². The Morgan fingerprint density at radius 1 is 1.38 bits per heavy atom. The van der Waals surface area contributed by atoms with Crippen molar-refractivity contribution >= 4 is 23.5 Å². The van der Waals surface area contributed by atoms with Crippen LogP contribution in [0.1, 0.15) is 19.8 Å². The van der Waals surface area contributed by atoms with Crippen molar-refractivity contribution in [2.45, 2.75) is 24.3 Å². The fraction of sp³-hybridized carbons (Fsp3) is 0.667. The first-order chi connectivity index (χ1) is 3.93. The normalized spacial score (nSPS) is 20.1. The van der Waals surface area contributed by atoms with Crippen LogP contribution in [0.15, 0.2) is 10.8 Å². The second kappa shape index (κ2) is 3.46. The molecule has 0 N–H and O–H groups in total. The van der Waals surface area contributed by atoms with Crippen LogP contribution >= 0.6 is 23.5 Å². The Bertz CT molecular complexity index is 80.5. The van der Waals surface area contributed by atoms with Gasteiger partial charge >= 0.3 is 0 Å². The van der Waals surface area contributed by atoms with E-state index in [-0.39, 0.29) is 0 Å². The summed E-state index contributed by atoms with van der Waals surface area (Å²) < 4.78 is 0.833. The molecule has 8 heavy (non-hydrogen) atoms.